The minimum Gasteiger partial charge on any atom is -0.358 e. The number of benzene rings is 1. The molecule has 1 fully saturated rings. The molecule has 1 aromatic carbocycles. The molecular weight excluding hydrogens is 450 g/mol. The first-order chi connectivity index (χ1) is 17.6. The highest BCUT2D eigenvalue weighted by atomic mass is 16.2. The third kappa shape index (κ3) is 4.69. The Morgan fingerprint density at radius 1 is 1.11 bits per heavy atom. The van der Waals surface area contributed by atoms with Gasteiger partial charge in [-0.25, -0.2) is 0 Å². The lowest BCUT2D eigenvalue weighted by Crippen LogP contribution is -2.38. The van der Waals surface area contributed by atoms with Gasteiger partial charge in [-0.1, -0.05) is 12.5 Å². The number of piperidine rings is 1. The largest absolute Gasteiger partial charge is 0.358 e. The summed E-state index contributed by atoms with van der Waals surface area (Å²) in [5.74, 6) is 0.280. The summed E-state index contributed by atoms with van der Waals surface area (Å²) in [6.45, 7) is 5.43. The van der Waals surface area contributed by atoms with Crippen LogP contribution in [0.25, 0.3) is 22.2 Å². The standard InChI is InChI=1S/C28H35N7O/c1-33-26-6-5-22(17-21(26)19-30-33)31-24-7-11-29-28-23(24)18-25(32-28)20-8-15-35(16-9-20)27(36)10-14-34-12-3-2-4-13-34/h5-6,8,17-19,31H,2-4,7,9-16H2,1H3,(H,29,32). The van der Waals surface area contributed by atoms with Crippen molar-refractivity contribution in [2.24, 2.45) is 12.0 Å². The topological polar surface area (TPSA) is 81.5 Å². The Morgan fingerprint density at radius 3 is 2.83 bits per heavy atom. The third-order valence-electron chi connectivity index (χ3n) is 7.79. The fourth-order valence-electron chi connectivity index (χ4n) is 5.67. The zero-order valence-corrected chi connectivity index (χ0v) is 21.1. The Morgan fingerprint density at radius 2 is 2.00 bits per heavy atom. The molecule has 5 heterocycles. The summed E-state index contributed by atoms with van der Waals surface area (Å²) in [6.07, 6.45) is 10.4. The number of H-pyrrole nitrogens is 1. The van der Waals surface area contributed by atoms with Crippen LogP contribution >= 0.6 is 0 Å². The van der Waals surface area contributed by atoms with Gasteiger partial charge in [0.1, 0.15) is 5.49 Å². The fraction of sp³-hybridized carbons (Fsp3) is 0.464. The molecule has 36 heavy (non-hydrogen) atoms. The number of likely N-dealkylation sites (tertiary alicyclic amines) is 1. The van der Waals surface area contributed by atoms with Gasteiger partial charge in [-0.3, -0.25) is 14.5 Å². The Hall–Kier alpha value is -3.39. The van der Waals surface area contributed by atoms with E-state index in [0.717, 1.165) is 78.6 Å². The SMILES string of the molecule is Cn1ncc2cc(NC3=c4cc(C5=CCN(C(=O)CCN6CCCCC6)CC5)[nH]c4=NCC3)ccc21. The molecule has 2 N–H and O–H groups in total. The lowest BCUT2D eigenvalue weighted by Gasteiger charge is -2.29. The molecule has 1 amide bonds. The van der Waals surface area contributed by atoms with E-state index in [1.165, 1.54) is 30.5 Å². The number of aryl methyl sites for hydroxylation is 1. The van der Waals surface area contributed by atoms with E-state index in [9.17, 15) is 4.79 Å². The Bertz CT molecular complexity index is 1420. The van der Waals surface area contributed by atoms with Crippen LogP contribution < -0.4 is 16.0 Å². The third-order valence-corrected chi connectivity index (χ3v) is 7.79. The lowest BCUT2D eigenvalue weighted by atomic mass is 10.0. The molecule has 0 saturated carbocycles. The first kappa shape index (κ1) is 23.0. The van der Waals surface area contributed by atoms with Crippen molar-refractivity contribution in [3.05, 3.63) is 52.9 Å². The Kier molecular flexibility index (Phi) is 6.35. The first-order valence-corrected chi connectivity index (χ1v) is 13.3. The molecule has 0 aliphatic carbocycles. The van der Waals surface area contributed by atoms with Crippen LogP contribution in [0.5, 0.6) is 0 Å². The molecule has 0 spiro atoms. The van der Waals surface area contributed by atoms with E-state index in [1.807, 2.05) is 22.8 Å². The average molecular weight is 486 g/mol. The molecule has 0 bridgehead atoms. The van der Waals surface area contributed by atoms with Crippen molar-refractivity contribution >= 4 is 33.8 Å². The predicted molar refractivity (Wildman–Crippen MR) is 143 cm³/mol. The lowest BCUT2D eigenvalue weighted by molar-refractivity contribution is -0.131. The van der Waals surface area contributed by atoms with Crippen LogP contribution in [-0.2, 0) is 11.8 Å². The van der Waals surface area contributed by atoms with Gasteiger partial charge in [-0.2, -0.15) is 5.10 Å². The van der Waals surface area contributed by atoms with Crippen molar-refractivity contribution < 1.29 is 4.79 Å². The summed E-state index contributed by atoms with van der Waals surface area (Å²) in [7, 11) is 1.96. The molecule has 6 rings (SSSR count). The fourth-order valence-corrected chi connectivity index (χ4v) is 5.67. The molecule has 3 aliphatic heterocycles. The van der Waals surface area contributed by atoms with E-state index in [-0.39, 0.29) is 5.91 Å². The number of aromatic amines is 1. The second-order valence-corrected chi connectivity index (χ2v) is 10.2. The summed E-state index contributed by atoms with van der Waals surface area (Å²) in [5, 5.41) is 10.3. The number of nitrogens with one attached hydrogen (secondary N) is 2. The summed E-state index contributed by atoms with van der Waals surface area (Å²) in [6, 6.07) is 8.59. The smallest absolute Gasteiger partial charge is 0.224 e. The molecule has 0 unspecified atom stereocenters. The average Bonchev–Trinajstić information content (AvgIpc) is 3.52. The molecular formula is C28H35N7O. The number of hydrogen-bond acceptors (Lipinski definition) is 5. The van der Waals surface area contributed by atoms with E-state index in [1.54, 1.807) is 0 Å². The van der Waals surface area contributed by atoms with Crippen LogP contribution in [0.4, 0.5) is 5.69 Å². The summed E-state index contributed by atoms with van der Waals surface area (Å²) >= 11 is 0. The minimum atomic E-state index is 0.280. The second kappa shape index (κ2) is 9.93. The number of hydrogen-bond donors (Lipinski definition) is 2. The molecule has 3 aliphatic rings. The van der Waals surface area contributed by atoms with Gasteiger partial charge in [0.05, 0.1) is 11.7 Å². The summed E-state index contributed by atoms with van der Waals surface area (Å²) < 4.78 is 1.89. The summed E-state index contributed by atoms with van der Waals surface area (Å²) in [4.78, 5) is 25.5. The van der Waals surface area contributed by atoms with Crippen molar-refractivity contribution in [3.63, 3.8) is 0 Å². The van der Waals surface area contributed by atoms with Gasteiger partial charge in [-0.05, 0) is 62.2 Å². The van der Waals surface area contributed by atoms with Crippen LogP contribution in [0.1, 0.15) is 44.2 Å². The summed E-state index contributed by atoms with van der Waals surface area (Å²) in [5.41, 5.74) is 6.72. The number of carbonyl (C=O) groups excluding carboxylic acids is 1. The predicted octanol–water partition coefficient (Wildman–Crippen LogP) is 2.64. The van der Waals surface area contributed by atoms with Gasteiger partial charge < -0.3 is 20.1 Å². The molecule has 3 aromatic rings. The highest BCUT2D eigenvalue weighted by molar-refractivity contribution is 5.84. The van der Waals surface area contributed by atoms with E-state index >= 15 is 0 Å². The highest BCUT2D eigenvalue weighted by Crippen LogP contribution is 2.22. The Balaban J connectivity index is 1.15. The van der Waals surface area contributed by atoms with Crippen molar-refractivity contribution in [2.75, 3.05) is 44.6 Å². The molecule has 2 aromatic heterocycles. The molecule has 8 nitrogen and oxygen atoms in total. The van der Waals surface area contributed by atoms with E-state index in [2.05, 4.69) is 50.6 Å². The zero-order valence-electron chi connectivity index (χ0n) is 21.1. The van der Waals surface area contributed by atoms with Crippen LogP contribution in [0.3, 0.4) is 0 Å². The molecule has 1 saturated heterocycles. The highest BCUT2D eigenvalue weighted by Gasteiger charge is 2.20. The maximum Gasteiger partial charge on any atom is 0.224 e. The Labute approximate surface area is 211 Å². The molecule has 0 atom stereocenters. The van der Waals surface area contributed by atoms with Gasteiger partial charge in [0.2, 0.25) is 5.91 Å². The van der Waals surface area contributed by atoms with Crippen molar-refractivity contribution in [1.82, 2.24) is 24.6 Å². The van der Waals surface area contributed by atoms with Gasteiger partial charge in [0.15, 0.2) is 0 Å². The quantitative estimate of drug-likeness (QED) is 0.563. The van der Waals surface area contributed by atoms with E-state index in [0.29, 0.717) is 13.0 Å². The number of rotatable bonds is 6. The molecule has 0 radical (unpaired) electrons. The van der Waals surface area contributed by atoms with Crippen molar-refractivity contribution in [1.29, 1.82) is 0 Å². The second-order valence-electron chi connectivity index (χ2n) is 10.2. The van der Waals surface area contributed by atoms with Crippen molar-refractivity contribution in [2.45, 2.75) is 38.5 Å². The van der Waals surface area contributed by atoms with Gasteiger partial charge >= 0.3 is 0 Å². The maximum absolute atomic E-state index is 12.8. The van der Waals surface area contributed by atoms with Crippen LogP contribution in [-0.4, -0.2) is 69.7 Å². The first-order valence-electron chi connectivity index (χ1n) is 13.3. The maximum atomic E-state index is 12.8. The zero-order chi connectivity index (χ0) is 24.5. The van der Waals surface area contributed by atoms with Gasteiger partial charge in [0, 0.05) is 73.8 Å². The number of anilines is 1. The number of aromatic nitrogens is 3. The number of fused-ring (bicyclic) bond motifs is 2. The van der Waals surface area contributed by atoms with Crippen molar-refractivity contribution in [3.8, 4) is 0 Å². The van der Waals surface area contributed by atoms with E-state index in [4.69, 9.17) is 4.99 Å². The van der Waals surface area contributed by atoms with E-state index < -0.39 is 0 Å². The number of nitrogens with zero attached hydrogens (tertiary/aromatic N) is 5. The van der Waals surface area contributed by atoms with Crippen LogP contribution in [0, 0.1) is 0 Å². The molecule has 8 heteroatoms. The minimum absolute atomic E-state index is 0.280. The molecule has 188 valence electrons. The van der Waals surface area contributed by atoms with Crippen LogP contribution in [0.2, 0.25) is 0 Å². The number of amides is 1. The van der Waals surface area contributed by atoms with Crippen LogP contribution in [0.15, 0.2) is 41.5 Å². The van der Waals surface area contributed by atoms with Gasteiger partial charge in [0.25, 0.3) is 0 Å². The van der Waals surface area contributed by atoms with Gasteiger partial charge in [-0.15, -0.1) is 0 Å². The normalized spacial score (nSPS) is 18.6. The monoisotopic (exact) mass is 485 g/mol. The number of carbonyl (C=O) groups is 1.